The van der Waals surface area contributed by atoms with Crippen molar-refractivity contribution in [3.8, 4) is 0 Å². The van der Waals surface area contributed by atoms with E-state index in [9.17, 15) is 0 Å². The number of hydrogen-bond acceptors (Lipinski definition) is 1. The van der Waals surface area contributed by atoms with Crippen LogP contribution in [0.5, 0.6) is 0 Å². The summed E-state index contributed by atoms with van der Waals surface area (Å²) in [7, 11) is 0. The summed E-state index contributed by atoms with van der Waals surface area (Å²) in [6.45, 7) is 11.6. The largest absolute Gasteiger partial charge is 0.382 e. The molecule has 2 unspecified atom stereocenters. The molecule has 1 nitrogen and oxygen atoms in total. The molecule has 1 aliphatic rings. The highest BCUT2D eigenvalue weighted by molar-refractivity contribution is 5.54. The quantitative estimate of drug-likeness (QED) is 0.758. The summed E-state index contributed by atoms with van der Waals surface area (Å²) in [6, 6.07) is 7.23. The zero-order valence-electron chi connectivity index (χ0n) is 13.2. The maximum atomic E-state index is 3.85. The zero-order chi connectivity index (χ0) is 14.0. The highest BCUT2D eigenvalue weighted by Crippen LogP contribution is 2.39. The van der Waals surface area contributed by atoms with E-state index >= 15 is 0 Å². The second-order valence-electron chi connectivity index (χ2n) is 7.26. The Kier molecular flexibility index (Phi) is 4.23. The van der Waals surface area contributed by atoms with Crippen LogP contribution in [0, 0.1) is 25.2 Å². The van der Waals surface area contributed by atoms with Crippen molar-refractivity contribution < 1.29 is 0 Å². The molecule has 2 rings (SSSR count). The minimum atomic E-state index is 0.399. The van der Waals surface area contributed by atoms with Crippen molar-refractivity contribution in [2.75, 3.05) is 5.32 Å². The lowest BCUT2D eigenvalue weighted by atomic mass is 9.69. The van der Waals surface area contributed by atoms with Crippen molar-refractivity contribution in [2.24, 2.45) is 11.3 Å². The van der Waals surface area contributed by atoms with Gasteiger partial charge in [-0.15, -0.1) is 0 Å². The first kappa shape index (κ1) is 14.4. The van der Waals surface area contributed by atoms with Gasteiger partial charge in [0.05, 0.1) is 0 Å². The molecule has 1 aliphatic carbocycles. The number of rotatable bonds is 2. The third-order valence-electron chi connectivity index (χ3n) is 4.82. The maximum Gasteiger partial charge on any atom is 0.0374 e. The summed E-state index contributed by atoms with van der Waals surface area (Å²) in [4.78, 5) is 0. The molecule has 1 fully saturated rings. The first-order chi connectivity index (χ1) is 8.89. The molecule has 1 N–H and O–H groups in total. The molecule has 106 valence electrons. The second kappa shape index (κ2) is 5.56. The first-order valence-electron chi connectivity index (χ1n) is 7.72. The number of hydrogen-bond donors (Lipinski definition) is 1. The minimum Gasteiger partial charge on any atom is -0.382 e. The van der Waals surface area contributed by atoms with Crippen LogP contribution in [0.3, 0.4) is 0 Å². The monoisotopic (exact) mass is 259 g/mol. The van der Waals surface area contributed by atoms with Gasteiger partial charge in [0.2, 0.25) is 0 Å². The molecule has 0 aliphatic heterocycles. The van der Waals surface area contributed by atoms with Crippen LogP contribution in [0.2, 0.25) is 0 Å². The smallest absolute Gasteiger partial charge is 0.0374 e. The standard InChI is InChI=1S/C18H29N/c1-13-9-8-12-16(14(13)2)19-17-11-7-6-10-15(17)18(3,4)5/h8-9,12,15,17,19H,6-7,10-11H2,1-5H3. The van der Waals surface area contributed by atoms with Crippen LogP contribution in [0.15, 0.2) is 18.2 Å². The summed E-state index contributed by atoms with van der Waals surface area (Å²) < 4.78 is 0. The average molecular weight is 259 g/mol. The summed E-state index contributed by atoms with van der Waals surface area (Å²) in [6.07, 6.45) is 5.45. The van der Waals surface area contributed by atoms with Gasteiger partial charge in [-0.1, -0.05) is 45.7 Å². The van der Waals surface area contributed by atoms with E-state index in [0.29, 0.717) is 11.5 Å². The molecule has 1 aromatic carbocycles. The van der Waals surface area contributed by atoms with Crippen molar-refractivity contribution in [3.05, 3.63) is 29.3 Å². The maximum absolute atomic E-state index is 3.85. The van der Waals surface area contributed by atoms with Gasteiger partial charge < -0.3 is 5.32 Å². The van der Waals surface area contributed by atoms with E-state index in [1.165, 1.54) is 42.5 Å². The van der Waals surface area contributed by atoms with E-state index in [1.54, 1.807) is 0 Å². The fourth-order valence-corrected chi connectivity index (χ4v) is 3.45. The van der Waals surface area contributed by atoms with Gasteiger partial charge >= 0.3 is 0 Å². The predicted molar refractivity (Wildman–Crippen MR) is 84.7 cm³/mol. The lowest BCUT2D eigenvalue weighted by Crippen LogP contribution is -2.39. The highest BCUT2D eigenvalue weighted by Gasteiger charge is 2.34. The zero-order valence-corrected chi connectivity index (χ0v) is 13.2. The predicted octanol–water partition coefficient (Wildman–Crippen LogP) is 5.32. The lowest BCUT2D eigenvalue weighted by molar-refractivity contribution is 0.163. The molecule has 0 amide bonds. The van der Waals surface area contributed by atoms with Gasteiger partial charge in [0, 0.05) is 11.7 Å². The Hall–Kier alpha value is -0.980. The fourth-order valence-electron chi connectivity index (χ4n) is 3.45. The molecule has 19 heavy (non-hydrogen) atoms. The van der Waals surface area contributed by atoms with Crippen LogP contribution < -0.4 is 5.32 Å². The SMILES string of the molecule is Cc1cccc(NC2CCCCC2C(C)(C)C)c1C. The Bertz CT molecular complexity index is 428. The van der Waals surface area contributed by atoms with Gasteiger partial charge in [-0.05, 0) is 55.2 Å². The van der Waals surface area contributed by atoms with Crippen LogP contribution >= 0.6 is 0 Å². The normalized spacial score (nSPS) is 24.3. The van der Waals surface area contributed by atoms with Gasteiger partial charge in [-0.2, -0.15) is 0 Å². The summed E-state index contributed by atoms with van der Waals surface area (Å²) in [5.74, 6) is 0.779. The topological polar surface area (TPSA) is 12.0 Å². The van der Waals surface area contributed by atoms with E-state index in [-0.39, 0.29) is 0 Å². The Morgan fingerprint density at radius 2 is 1.74 bits per heavy atom. The van der Waals surface area contributed by atoms with Crippen molar-refractivity contribution in [3.63, 3.8) is 0 Å². The van der Waals surface area contributed by atoms with Crippen molar-refractivity contribution in [2.45, 2.75) is 66.3 Å². The van der Waals surface area contributed by atoms with Crippen LogP contribution in [0.1, 0.15) is 57.6 Å². The Balaban J connectivity index is 2.18. The highest BCUT2D eigenvalue weighted by atomic mass is 14.9. The van der Waals surface area contributed by atoms with E-state index in [2.05, 4.69) is 58.1 Å². The van der Waals surface area contributed by atoms with Crippen LogP contribution in [-0.4, -0.2) is 6.04 Å². The first-order valence-corrected chi connectivity index (χ1v) is 7.72. The van der Waals surface area contributed by atoms with Gasteiger partial charge in [0.1, 0.15) is 0 Å². The third-order valence-corrected chi connectivity index (χ3v) is 4.82. The van der Waals surface area contributed by atoms with Crippen molar-refractivity contribution in [1.29, 1.82) is 0 Å². The van der Waals surface area contributed by atoms with Crippen LogP contribution in [0.25, 0.3) is 0 Å². The molecule has 1 aromatic rings. The number of anilines is 1. The fraction of sp³-hybridized carbons (Fsp3) is 0.667. The summed E-state index contributed by atoms with van der Waals surface area (Å²) >= 11 is 0. The van der Waals surface area contributed by atoms with E-state index in [0.717, 1.165) is 5.92 Å². The van der Waals surface area contributed by atoms with Gasteiger partial charge in [0.25, 0.3) is 0 Å². The van der Waals surface area contributed by atoms with Gasteiger partial charge in [0.15, 0.2) is 0 Å². The third kappa shape index (κ3) is 3.32. The van der Waals surface area contributed by atoms with Crippen LogP contribution in [0.4, 0.5) is 5.69 Å². The van der Waals surface area contributed by atoms with E-state index < -0.39 is 0 Å². The van der Waals surface area contributed by atoms with Crippen molar-refractivity contribution in [1.82, 2.24) is 0 Å². The van der Waals surface area contributed by atoms with E-state index in [4.69, 9.17) is 0 Å². The Labute approximate surface area is 118 Å². The molecule has 0 saturated heterocycles. The van der Waals surface area contributed by atoms with E-state index in [1.807, 2.05) is 0 Å². The number of benzene rings is 1. The molecule has 0 radical (unpaired) electrons. The molecule has 0 heterocycles. The van der Waals surface area contributed by atoms with Gasteiger partial charge in [-0.3, -0.25) is 0 Å². The average Bonchev–Trinajstić information content (AvgIpc) is 2.34. The number of nitrogens with one attached hydrogen (secondary N) is 1. The molecule has 1 saturated carbocycles. The molecular weight excluding hydrogens is 230 g/mol. The van der Waals surface area contributed by atoms with Gasteiger partial charge in [-0.25, -0.2) is 0 Å². The van der Waals surface area contributed by atoms with Crippen LogP contribution in [-0.2, 0) is 0 Å². The molecule has 1 heteroatoms. The molecular formula is C18H29N. The molecule has 0 bridgehead atoms. The Morgan fingerprint density at radius 1 is 1.05 bits per heavy atom. The van der Waals surface area contributed by atoms with Crippen molar-refractivity contribution >= 4 is 5.69 Å². The summed E-state index contributed by atoms with van der Waals surface area (Å²) in [5.41, 5.74) is 4.52. The Morgan fingerprint density at radius 3 is 2.42 bits per heavy atom. The molecule has 2 atom stereocenters. The second-order valence-corrected chi connectivity index (χ2v) is 7.26. The molecule has 0 spiro atoms. The summed E-state index contributed by atoms with van der Waals surface area (Å²) in [5, 5.41) is 3.85. The molecule has 0 aromatic heterocycles. The minimum absolute atomic E-state index is 0.399. The lowest BCUT2D eigenvalue weighted by Gasteiger charge is -2.41. The number of aryl methyl sites for hydroxylation is 1.